The van der Waals surface area contributed by atoms with Crippen molar-refractivity contribution < 1.29 is 9.18 Å². The third kappa shape index (κ3) is 1.99. The van der Waals surface area contributed by atoms with Gasteiger partial charge in [0.2, 0.25) is 5.95 Å². The Balaban J connectivity index is 1.95. The highest BCUT2D eigenvalue weighted by Crippen LogP contribution is 2.42. The average Bonchev–Trinajstić information content (AvgIpc) is 2.96. The molecule has 22 heavy (non-hydrogen) atoms. The molecule has 2 aliphatic rings. The van der Waals surface area contributed by atoms with Crippen LogP contribution in [0.25, 0.3) is 0 Å². The molecule has 0 saturated heterocycles. The number of hydrogen-bond acceptors (Lipinski definition) is 4. The number of Topliss-reactive ketones (excluding diaryl/α,β-unsaturated/α-hetero) is 1. The molecule has 0 saturated carbocycles. The molecule has 112 valence electrons. The first kappa shape index (κ1) is 13.6. The molecule has 2 heterocycles. The van der Waals surface area contributed by atoms with Crippen molar-refractivity contribution >= 4 is 27.7 Å². The Labute approximate surface area is 134 Å². The van der Waals surface area contributed by atoms with Crippen molar-refractivity contribution in [3.05, 3.63) is 52.2 Å². The SMILES string of the molecule is O=C1CCC=C2Nc3ncnn3[C@H](c3cc(Br)ccc3F)[C@@H]12. The fourth-order valence-electron chi connectivity index (χ4n) is 3.17. The van der Waals surface area contributed by atoms with Crippen LogP contribution in [0.2, 0.25) is 0 Å². The van der Waals surface area contributed by atoms with E-state index in [2.05, 4.69) is 31.3 Å². The van der Waals surface area contributed by atoms with Crippen molar-refractivity contribution in [3.63, 3.8) is 0 Å². The summed E-state index contributed by atoms with van der Waals surface area (Å²) >= 11 is 3.37. The second-order valence-electron chi connectivity index (χ2n) is 5.41. The summed E-state index contributed by atoms with van der Waals surface area (Å²) in [7, 11) is 0. The van der Waals surface area contributed by atoms with E-state index in [4.69, 9.17) is 0 Å². The van der Waals surface area contributed by atoms with Crippen LogP contribution in [0.4, 0.5) is 10.3 Å². The van der Waals surface area contributed by atoms with Gasteiger partial charge in [-0.25, -0.2) is 9.07 Å². The molecule has 1 aromatic heterocycles. The number of ketones is 1. The standard InChI is InChI=1S/C15H12BrFN4O/c16-8-4-5-10(17)9(6-8)14-13-11(2-1-3-12(13)22)20-15-18-7-19-21(14)15/h2,4-7,13-14H,1,3H2,(H,18,19,20)/t13-,14-/m1/s1. The van der Waals surface area contributed by atoms with Crippen molar-refractivity contribution in [2.45, 2.75) is 18.9 Å². The van der Waals surface area contributed by atoms with E-state index in [1.54, 1.807) is 16.8 Å². The zero-order chi connectivity index (χ0) is 15.3. The minimum Gasteiger partial charge on any atom is -0.328 e. The number of anilines is 1. The number of halogens is 2. The van der Waals surface area contributed by atoms with E-state index in [9.17, 15) is 9.18 Å². The van der Waals surface area contributed by atoms with Gasteiger partial charge in [-0.1, -0.05) is 22.0 Å². The minimum absolute atomic E-state index is 0.0931. The van der Waals surface area contributed by atoms with Gasteiger partial charge in [0.1, 0.15) is 17.9 Å². The summed E-state index contributed by atoms with van der Waals surface area (Å²) in [5.41, 5.74) is 1.23. The predicted molar refractivity (Wildman–Crippen MR) is 81.7 cm³/mol. The molecule has 0 unspecified atom stereocenters. The van der Waals surface area contributed by atoms with E-state index >= 15 is 0 Å². The first-order valence-electron chi connectivity index (χ1n) is 6.99. The van der Waals surface area contributed by atoms with Crippen LogP contribution in [0, 0.1) is 11.7 Å². The Hall–Kier alpha value is -2.02. The van der Waals surface area contributed by atoms with Crippen LogP contribution in [0.3, 0.4) is 0 Å². The first-order chi connectivity index (χ1) is 10.6. The molecule has 0 fully saturated rings. The van der Waals surface area contributed by atoms with Gasteiger partial charge < -0.3 is 5.32 Å². The first-order valence-corrected chi connectivity index (χ1v) is 7.78. The van der Waals surface area contributed by atoms with E-state index in [0.717, 1.165) is 10.2 Å². The molecule has 1 aliphatic carbocycles. The molecule has 4 rings (SSSR count). The minimum atomic E-state index is -0.518. The van der Waals surface area contributed by atoms with Gasteiger partial charge in [0.15, 0.2) is 0 Å². The van der Waals surface area contributed by atoms with E-state index in [1.165, 1.54) is 12.4 Å². The van der Waals surface area contributed by atoms with Crippen molar-refractivity contribution in [3.8, 4) is 0 Å². The molecule has 2 atom stereocenters. The van der Waals surface area contributed by atoms with Crippen molar-refractivity contribution in [1.29, 1.82) is 0 Å². The van der Waals surface area contributed by atoms with Gasteiger partial charge in [0.25, 0.3) is 0 Å². The highest BCUT2D eigenvalue weighted by atomic mass is 79.9. The van der Waals surface area contributed by atoms with Gasteiger partial charge in [0.05, 0.1) is 12.0 Å². The number of nitrogens with one attached hydrogen (secondary N) is 1. The third-order valence-electron chi connectivity index (χ3n) is 4.12. The molecule has 1 N–H and O–H groups in total. The molecule has 5 nitrogen and oxygen atoms in total. The lowest BCUT2D eigenvalue weighted by Crippen LogP contribution is -2.39. The molecule has 0 radical (unpaired) electrons. The molecule has 0 bridgehead atoms. The Bertz CT molecular complexity index is 801. The predicted octanol–water partition coefficient (Wildman–Crippen LogP) is 3.06. The third-order valence-corrected chi connectivity index (χ3v) is 4.62. The van der Waals surface area contributed by atoms with Crippen LogP contribution >= 0.6 is 15.9 Å². The van der Waals surface area contributed by atoms with Gasteiger partial charge in [-0.05, 0) is 24.6 Å². The van der Waals surface area contributed by atoms with Crippen molar-refractivity contribution in [2.24, 2.45) is 5.92 Å². The highest BCUT2D eigenvalue weighted by Gasteiger charge is 2.42. The largest absolute Gasteiger partial charge is 0.328 e. The summed E-state index contributed by atoms with van der Waals surface area (Å²) < 4.78 is 16.8. The number of carbonyl (C=O) groups excluding carboxylic acids is 1. The summed E-state index contributed by atoms with van der Waals surface area (Å²) in [5, 5.41) is 7.33. The van der Waals surface area contributed by atoms with Crippen molar-refractivity contribution in [2.75, 3.05) is 5.32 Å². The summed E-state index contributed by atoms with van der Waals surface area (Å²) in [6.45, 7) is 0. The number of carbonyl (C=O) groups is 1. The maximum Gasteiger partial charge on any atom is 0.226 e. The lowest BCUT2D eigenvalue weighted by atomic mass is 9.80. The number of allylic oxidation sites excluding steroid dienone is 2. The van der Waals surface area contributed by atoms with E-state index in [1.807, 2.05) is 6.08 Å². The average molecular weight is 363 g/mol. The zero-order valence-corrected chi connectivity index (χ0v) is 13.0. The molecule has 7 heteroatoms. The zero-order valence-electron chi connectivity index (χ0n) is 11.5. The smallest absolute Gasteiger partial charge is 0.226 e. The lowest BCUT2D eigenvalue weighted by molar-refractivity contribution is -0.123. The quantitative estimate of drug-likeness (QED) is 0.846. The number of hydrogen-bond donors (Lipinski definition) is 1. The summed E-state index contributed by atoms with van der Waals surface area (Å²) in [6, 6.07) is 4.22. The van der Waals surface area contributed by atoms with Gasteiger partial charge >= 0.3 is 0 Å². The lowest BCUT2D eigenvalue weighted by Gasteiger charge is -2.36. The Morgan fingerprint density at radius 3 is 3.14 bits per heavy atom. The topological polar surface area (TPSA) is 59.8 Å². The number of nitrogens with zero attached hydrogens (tertiary/aromatic N) is 3. The molecule has 0 spiro atoms. The molecular formula is C15H12BrFN4O. The number of fused-ring (bicyclic) bond motifs is 2. The van der Waals surface area contributed by atoms with Crippen LogP contribution in [0.15, 0.2) is 40.8 Å². The Morgan fingerprint density at radius 1 is 1.41 bits per heavy atom. The second kappa shape index (κ2) is 5.01. The van der Waals surface area contributed by atoms with Crippen molar-refractivity contribution in [1.82, 2.24) is 14.8 Å². The van der Waals surface area contributed by atoms with Gasteiger partial charge in [-0.15, -0.1) is 0 Å². The van der Waals surface area contributed by atoms with Crippen LogP contribution in [-0.4, -0.2) is 20.5 Å². The fraction of sp³-hybridized carbons (Fsp3) is 0.267. The summed E-state index contributed by atoms with van der Waals surface area (Å²) in [6.07, 6.45) is 4.56. The van der Waals surface area contributed by atoms with Crippen LogP contribution in [0.5, 0.6) is 0 Å². The number of rotatable bonds is 1. The highest BCUT2D eigenvalue weighted by molar-refractivity contribution is 9.10. The fourth-order valence-corrected chi connectivity index (χ4v) is 3.55. The molecule has 2 aromatic rings. The summed E-state index contributed by atoms with van der Waals surface area (Å²) in [4.78, 5) is 16.6. The molecule has 1 aromatic carbocycles. The monoisotopic (exact) mass is 362 g/mol. The maximum atomic E-state index is 14.4. The normalized spacial score (nSPS) is 23.4. The molecule has 1 aliphatic heterocycles. The number of aromatic nitrogens is 3. The van der Waals surface area contributed by atoms with E-state index < -0.39 is 12.0 Å². The van der Waals surface area contributed by atoms with Gasteiger partial charge in [0, 0.05) is 22.2 Å². The molecule has 0 amide bonds. The Morgan fingerprint density at radius 2 is 2.27 bits per heavy atom. The Kier molecular flexibility index (Phi) is 3.11. The van der Waals surface area contributed by atoms with E-state index in [-0.39, 0.29) is 11.6 Å². The van der Waals surface area contributed by atoms with E-state index in [0.29, 0.717) is 24.4 Å². The van der Waals surface area contributed by atoms with Crippen LogP contribution in [0.1, 0.15) is 24.4 Å². The number of benzene rings is 1. The van der Waals surface area contributed by atoms with Crippen LogP contribution < -0.4 is 5.32 Å². The van der Waals surface area contributed by atoms with Gasteiger partial charge in [-0.2, -0.15) is 10.1 Å². The van der Waals surface area contributed by atoms with Gasteiger partial charge in [-0.3, -0.25) is 4.79 Å². The summed E-state index contributed by atoms with van der Waals surface area (Å²) in [5.74, 6) is -0.182. The maximum absolute atomic E-state index is 14.4. The molecular weight excluding hydrogens is 351 g/mol. The van der Waals surface area contributed by atoms with Crippen LogP contribution in [-0.2, 0) is 4.79 Å². The second-order valence-corrected chi connectivity index (χ2v) is 6.32.